The molecule has 1 aromatic rings. The highest BCUT2D eigenvalue weighted by molar-refractivity contribution is 7.92. The van der Waals surface area contributed by atoms with Crippen molar-refractivity contribution in [3.63, 3.8) is 0 Å². The Hall–Kier alpha value is -1.31. The maximum absolute atomic E-state index is 11.1. The van der Waals surface area contributed by atoms with Gasteiger partial charge >= 0.3 is 0 Å². The first-order valence-electron chi connectivity index (χ1n) is 5.84. The summed E-state index contributed by atoms with van der Waals surface area (Å²) in [5, 5.41) is 0. The van der Waals surface area contributed by atoms with Crippen LogP contribution in [0.3, 0.4) is 0 Å². The summed E-state index contributed by atoms with van der Waals surface area (Å²) in [5.74, 6) is 1.27. The smallest absolute Gasteiger partial charge is 0.161 e. The van der Waals surface area contributed by atoms with Crippen LogP contribution in [0.5, 0.6) is 11.5 Å². The van der Waals surface area contributed by atoms with Gasteiger partial charge in [0, 0.05) is 6.54 Å². The highest BCUT2D eigenvalue weighted by atomic mass is 32.2. The fourth-order valence-electron chi connectivity index (χ4n) is 1.84. The molecule has 0 aliphatic carbocycles. The van der Waals surface area contributed by atoms with Crippen LogP contribution in [-0.4, -0.2) is 40.2 Å². The highest BCUT2D eigenvalue weighted by Gasteiger charge is 2.35. The zero-order valence-corrected chi connectivity index (χ0v) is 11.7. The molecule has 1 aliphatic rings. The number of hydrogen-bond donors (Lipinski definition) is 1. The van der Waals surface area contributed by atoms with Crippen molar-refractivity contribution < 1.29 is 22.7 Å². The molecule has 0 bridgehead atoms. The van der Waals surface area contributed by atoms with Crippen LogP contribution >= 0.6 is 0 Å². The number of hydrogen-bond acceptors (Lipinski definition) is 6. The van der Waals surface area contributed by atoms with E-state index in [0.717, 1.165) is 5.56 Å². The second kappa shape index (κ2) is 5.77. The normalized spacial score (nSPS) is 17.8. The molecule has 2 rings (SSSR count). The van der Waals surface area contributed by atoms with Gasteiger partial charge in [0.25, 0.3) is 0 Å². The van der Waals surface area contributed by atoms with E-state index in [1.165, 1.54) is 0 Å². The van der Waals surface area contributed by atoms with Gasteiger partial charge in [-0.3, -0.25) is 0 Å². The Morgan fingerprint density at radius 2 is 2.00 bits per heavy atom. The maximum Gasteiger partial charge on any atom is 0.161 e. The first-order valence-corrected chi connectivity index (χ1v) is 7.66. The second-order valence-electron chi connectivity index (χ2n) is 4.33. The van der Waals surface area contributed by atoms with Crippen LogP contribution in [0.4, 0.5) is 0 Å². The summed E-state index contributed by atoms with van der Waals surface area (Å²) in [6.07, 6.45) is -0.287. The van der Waals surface area contributed by atoms with Crippen LogP contribution in [-0.2, 0) is 21.2 Å². The summed E-state index contributed by atoms with van der Waals surface area (Å²) in [6.45, 7) is 0.528. The van der Waals surface area contributed by atoms with Crippen molar-refractivity contribution in [3.8, 4) is 11.5 Å². The standard InChI is InChI=1S/C12H17NO5S/c1-16-11-4-3-9(6-13-17-2)5-12(11)18-10-7-19(14,15)8-10/h3-5,10,13H,6-8H2,1-2H3. The minimum atomic E-state index is -2.89. The lowest BCUT2D eigenvalue weighted by atomic mass is 10.2. The number of ether oxygens (including phenoxy) is 2. The largest absolute Gasteiger partial charge is 0.493 e. The second-order valence-corrected chi connectivity index (χ2v) is 6.48. The summed E-state index contributed by atoms with van der Waals surface area (Å²) >= 11 is 0. The predicted molar refractivity (Wildman–Crippen MR) is 69.9 cm³/mol. The predicted octanol–water partition coefficient (Wildman–Crippen LogP) is 0.522. The lowest BCUT2D eigenvalue weighted by molar-refractivity contribution is 0.0866. The first kappa shape index (κ1) is 14.1. The van der Waals surface area contributed by atoms with Crippen molar-refractivity contribution in [1.29, 1.82) is 0 Å². The van der Waals surface area contributed by atoms with Crippen LogP contribution < -0.4 is 15.0 Å². The number of nitrogens with one attached hydrogen (secondary N) is 1. The lowest BCUT2D eigenvalue weighted by Gasteiger charge is -2.27. The third-order valence-electron chi connectivity index (χ3n) is 2.82. The minimum absolute atomic E-state index is 0.0662. The molecule has 6 nitrogen and oxygen atoms in total. The zero-order valence-electron chi connectivity index (χ0n) is 10.9. The van der Waals surface area contributed by atoms with Gasteiger partial charge in [0.2, 0.25) is 0 Å². The third-order valence-corrected chi connectivity index (χ3v) is 4.58. The third kappa shape index (κ3) is 3.59. The van der Waals surface area contributed by atoms with Gasteiger partial charge in [0.1, 0.15) is 6.10 Å². The van der Waals surface area contributed by atoms with E-state index in [1.54, 1.807) is 20.3 Å². The Bertz CT molecular complexity index is 531. The molecule has 1 fully saturated rings. The van der Waals surface area contributed by atoms with E-state index < -0.39 is 9.84 Å². The molecular formula is C12H17NO5S. The molecule has 0 radical (unpaired) electrons. The van der Waals surface area contributed by atoms with E-state index in [9.17, 15) is 8.42 Å². The highest BCUT2D eigenvalue weighted by Crippen LogP contribution is 2.31. The fraction of sp³-hybridized carbons (Fsp3) is 0.500. The molecule has 1 saturated heterocycles. The van der Waals surface area contributed by atoms with Crippen LogP contribution in [0.25, 0.3) is 0 Å². The molecule has 1 aromatic carbocycles. The molecule has 7 heteroatoms. The summed E-state index contributed by atoms with van der Waals surface area (Å²) in [5.41, 5.74) is 3.69. The molecule has 19 heavy (non-hydrogen) atoms. The van der Waals surface area contributed by atoms with Crippen molar-refractivity contribution in [3.05, 3.63) is 23.8 Å². The molecule has 1 N–H and O–H groups in total. The molecule has 0 unspecified atom stereocenters. The average Bonchev–Trinajstić information content (AvgIpc) is 2.34. The van der Waals surface area contributed by atoms with Gasteiger partial charge in [-0.05, 0) is 17.7 Å². The maximum atomic E-state index is 11.1. The topological polar surface area (TPSA) is 73.9 Å². The number of sulfone groups is 1. The number of hydroxylamine groups is 1. The summed E-state index contributed by atoms with van der Waals surface area (Å²) in [4.78, 5) is 4.78. The Labute approximate surface area is 112 Å². The Morgan fingerprint density at radius 3 is 2.58 bits per heavy atom. The van der Waals surface area contributed by atoms with Crippen LogP contribution in [0, 0.1) is 0 Å². The van der Waals surface area contributed by atoms with Crippen molar-refractivity contribution in [1.82, 2.24) is 5.48 Å². The van der Waals surface area contributed by atoms with E-state index in [2.05, 4.69) is 5.48 Å². The summed E-state index contributed by atoms with van der Waals surface area (Å²) in [6, 6.07) is 5.49. The molecule has 0 aromatic heterocycles. The number of methoxy groups -OCH3 is 1. The monoisotopic (exact) mass is 287 g/mol. The van der Waals surface area contributed by atoms with Crippen molar-refractivity contribution >= 4 is 9.84 Å². The molecule has 0 atom stereocenters. The zero-order chi connectivity index (χ0) is 13.9. The Morgan fingerprint density at radius 1 is 1.26 bits per heavy atom. The van der Waals surface area contributed by atoms with Gasteiger partial charge in [0.05, 0.1) is 25.7 Å². The van der Waals surface area contributed by atoms with Crippen molar-refractivity contribution in [2.45, 2.75) is 12.6 Å². The molecule has 0 spiro atoms. The molecular weight excluding hydrogens is 270 g/mol. The van der Waals surface area contributed by atoms with Gasteiger partial charge in [0.15, 0.2) is 21.3 Å². The summed E-state index contributed by atoms with van der Waals surface area (Å²) in [7, 11) is 0.197. The van der Waals surface area contributed by atoms with Crippen LogP contribution in [0.2, 0.25) is 0 Å². The quantitative estimate of drug-likeness (QED) is 0.769. The number of benzene rings is 1. The molecule has 0 amide bonds. The van der Waals surface area contributed by atoms with Gasteiger partial charge in [-0.1, -0.05) is 6.07 Å². The molecule has 0 saturated carbocycles. The van der Waals surface area contributed by atoms with Crippen LogP contribution in [0.15, 0.2) is 18.2 Å². The van der Waals surface area contributed by atoms with Gasteiger partial charge in [-0.15, -0.1) is 0 Å². The first-order chi connectivity index (χ1) is 9.04. The van der Waals surface area contributed by atoms with E-state index in [-0.39, 0.29) is 17.6 Å². The Balaban J connectivity index is 2.08. The Kier molecular flexibility index (Phi) is 4.28. The van der Waals surface area contributed by atoms with Gasteiger partial charge in [-0.2, -0.15) is 5.48 Å². The van der Waals surface area contributed by atoms with Crippen LogP contribution in [0.1, 0.15) is 5.56 Å². The van der Waals surface area contributed by atoms with Gasteiger partial charge in [-0.25, -0.2) is 8.42 Å². The average molecular weight is 287 g/mol. The molecule has 1 heterocycles. The van der Waals surface area contributed by atoms with Crippen molar-refractivity contribution in [2.75, 3.05) is 25.7 Å². The van der Waals surface area contributed by atoms with E-state index >= 15 is 0 Å². The number of rotatable bonds is 6. The molecule has 106 valence electrons. The van der Waals surface area contributed by atoms with E-state index in [4.69, 9.17) is 14.3 Å². The minimum Gasteiger partial charge on any atom is -0.493 e. The van der Waals surface area contributed by atoms with E-state index in [0.29, 0.717) is 18.0 Å². The lowest BCUT2D eigenvalue weighted by Crippen LogP contribution is -2.45. The summed E-state index contributed by atoms with van der Waals surface area (Å²) < 4.78 is 33.1. The SMILES string of the molecule is CONCc1ccc(OC)c(OC2CS(=O)(=O)C2)c1. The molecule has 1 aliphatic heterocycles. The fourth-order valence-corrected chi connectivity index (χ4v) is 3.02. The van der Waals surface area contributed by atoms with E-state index in [1.807, 2.05) is 12.1 Å². The van der Waals surface area contributed by atoms with Crippen molar-refractivity contribution in [2.24, 2.45) is 0 Å². The van der Waals surface area contributed by atoms with Gasteiger partial charge < -0.3 is 14.3 Å².